The van der Waals surface area contributed by atoms with Crippen molar-refractivity contribution in [2.75, 3.05) is 6.61 Å². The summed E-state index contributed by atoms with van der Waals surface area (Å²) in [5.74, 6) is 0.0940. The maximum absolute atomic E-state index is 12.0. The van der Waals surface area contributed by atoms with Crippen LogP contribution in [0.2, 0.25) is 0 Å². The van der Waals surface area contributed by atoms with E-state index in [9.17, 15) is 9.90 Å². The molecule has 0 aliphatic carbocycles. The predicted molar refractivity (Wildman–Crippen MR) is 101 cm³/mol. The minimum atomic E-state index is -0.393. The van der Waals surface area contributed by atoms with E-state index >= 15 is 0 Å². The first-order chi connectivity index (χ1) is 13.0. The fraction of sp³-hybridized carbons (Fsp3) is 0.222. The van der Waals surface area contributed by atoms with Crippen LogP contribution in [0.15, 0.2) is 53.3 Å². The fourth-order valence-electron chi connectivity index (χ4n) is 2.39. The third kappa shape index (κ3) is 4.70. The Balaban J connectivity index is 1.75. The molecule has 0 spiro atoms. The molecule has 9 heteroatoms. The standard InChI is InChI=1S/C18H19N5O3S/c1-12(2)23-15(13-3-5-14(24)6-4-13)11-27-18(23)22-21-16(25)10-26-17-9-19-7-8-20-17/h3-9,11-12,24H,10H2,1-2H3,(H,21,25)/b22-18-. The Morgan fingerprint density at radius 1 is 1.33 bits per heavy atom. The Labute approximate surface area is 159 Å². The van der Waals surface area contributed by atoms with Crippen LogP contribution in [0, 0.1) is 0 Å². The first-order valence-corrected chi connectivity index (χ1v) is 9.13. The number of benzene rings is 1. The molecule has 3 rings (SSSR count). The summed E-state index contributed by atoms with van der Waals surface area (Å²) in [6.45, 7) is 3.86. The molecular formula is C18H19N5O3S. The molecule has 1 amide bonds. The number of aromatic nitrogens is 3. The largest absolute Gasteiger partial charge is 0.508 e. The second-order valence-corrected chi connectivity index (χ2v) is 6.73. The van der Waals surface area contributed by atoms with Crippen LogP contribution in [0.3, 0.4) is 0 Å². The second kappa shape index (κ2) is 8.45. The lowest BCUT2D eigenvalue weighted by molar-refractivity contribution is -0.123. The van der Waals surface area contributed by atoms with Crippen molar-refractivity contribution < 1.29 is 14.6 Å². The topological polar surface area (TPSA) is 102 Å². The first-order valence-electron chi connectivity index (χ1n) is 8.25. The summed E-state index contributed by atoms with van der Waals surface area (Å²) in [7, 11) is 0. The van der Waals surface area contributed by atoms with Crippen LogP contribution in [0.1, 0.15) is 19.9 Å². The quantitative estimate of drug-likeness (QED) is 0.634. The van der Waals surface area contributed by atoms with Gasteiger partial charge in [-0.25, -0.2) is 10.4 Å². The molecule has 0 saturated heterocycles. The van der Waals surface area contributed by atoms with Crippen LogP contribution in [0.4, 0.5) is 0 Å². The summed E-state index contributed by atoms with van der Waals surface area (Å²) in [5.41, 5.74) is 4.41. The van der Waals surface area contributed by atoms with Crippen molar-refractivity contribution in [1.82, 2.24) is 20.0 Å². The average molecular weight is 385 g/mol. The normalized spacial score (nSPS) is 11.6. The zero-order valence-electron chi connectivity index (χ0n) is 14.9. The third-order valence-corrected chi connectivity index (χ3v) is 4.43. The molecule has 2 heterocycles. The van der Waals surface area contributed by atoms with E-state index in [4.69, 9.17) is 4.74 Å². The van der Waals surface area contributed by atoms with Crippen molar-refractivity contribution in [1.29, 1.82) is 0 Å². The second-order valence-electron chi connectivity index (χ2n) is 5.89. The molecule has 0 aliphatic rings. The molecule has 0 bridgehead atoms. The Morgan fingerprint density at radius 3 is 2.78 bits per heavy atom. The number of hydrogen-bond acceptors (Lipinski definition) is 7. The maximum Gasteiger partial charge on any atom is 0.278 e. The molecule has 8 nitrogen and oxygen atoms in total. The van der Waals surface area contributed by atoms with Gasteiger partial charge < -0.3 is 14.4 Å². The smallest absolute Gasteiger partial charge is 0.278 e. The van der Waals surface area contributed by atoms with Crippen molar-refractivity contribution in [2.45, 2.75) is 19.9 Å². The van der Waals surface area contributed by atoms with Gasteiger partial charge in [-0.05, 0) is 43.7 Å². The highest BCUT2D eigenvalue weighted by Gasteiger charge is 2.11. The van der Waals surface area contributed by atoms with Crippen molar-refractivity contribution in [2.24, 2.45) is 5.10 Å². The van der Waals surface area contributed by atoms with Crippen LogP contribution in [0.25, 0.3) is 11.3 Å². The number of thiazole rings is 1. The van der Waals surface area contributed by atoms with Gasteiger partial charge in [0.15, 0.2) is 6.61 Å². The zero-order chi connectivity index (χ0) is 19.2. The van der Waals surface area contributed by atoms with Crippen molar-refractivity contribution in [3.8, 4) is 22.9 Å². The molecule has 140 valence electrons. The lowest BCUT2D eigenvalue weighted by Gasteiger charge is -2.12. The summed E-state index contributed by atoms with van der Waals surface area (Å²) >= 11 is 1.42. The summed E-state index contributed by atoms with van der Waals surface area (Å²) < 4.78 is 7.26. The number of amides is 1. The monoisotopic (exact) mass is 385 g/mol. The highest BCUT2D eigenvalue weighted by atomic mass is 32.1. The van der Waals surface area contributed by atoms with Crippen molar-refractivity contribution >= 4 is 17.2 Å². The lowest BCUT2D eigenvalue weighted by Crippen LogP contribution is -2.29. The average Bonchev–Trinajstić information content (AvgIpc) is 3.10. The van der Waals surface area contributed by atoms with Gasteiger partial charge in [0.2, 0.25) is 10.7 Å². The van der Waals surface area contributed by atoms with Crippen LogP contribution in [-0.2, 0) is 4.79 Å². The highest BCUT2D eigenvalue weighted by molar-refractivity contribution is 7.07. The summed E-state index contributed by atoms with van der Waals surface area (Å²) in [6, 6.07) is 7.09. The SMILES string of the molecule is CC(C)n1c(-c2ccc(O)cc2)cs/c1=N\NC(=O)COc1cnccn1. The Kier molecular flexibility index (Phi) is 5.82. The molecule has 0 radical (unpaired) electrons. The van der Waals surface area contributed by atoms with Gasteiger partial charge in [0.1, 0.15) is 5.75 Å². The van der Waals surface area contributed by atoms with Crippen LogP contribution in [-0.4, -0.2) is 32.2 Å². The Bertz CT molecular complexity index is 965. The number of aromatic hydroxyl groups is 1. The van der Waals surface area contributed by atoms with E-state index in [0.29, 0.717) is 4.80 Å². The molecule has 0 atom stereocenters. The first kappa shape index (κ1) is 18.6. The number of carbonyl (C=O) groups is 1. The van der Waals surface area contributed by atoms with Gasteiger partial charge in [-0.2, -0.15) is 0 Å². The van der Waals surface area contributed by atoms with E-state index in [1.807, 2.05) is 35.9 Å². The number of phenolic OH excluding ortho intramolecular Hbond substituents is 1. The van der Waals surface area contributed by atoms with Gasteiger partial charge in [-0.3, -0.25) is 9.78 Å². The van der Waals surface area contributed by atoms with Crippen LogP contribution < -0.4 is 15.0 Å². The highest BCUT2D eigenvalue weighted by Crippen LogP contribution is 2.24. The molecule has 2 N–H and O–H groups in total. The van der Waals surface area contributed by atoms with E-state index in [1.54, 1.807) is 12.1 Å². The fourth-order valence-corrected chi connectivity index (χ4v) is 3.37. The molecule has 0 fully saturated rings. The van der Waals surface area contributed by atoms with Crippen molar-refractivity contribution in [3.05, 3.63) is 53.0 Å². The van der Waals surface area contributed by atoms with Gasteiger partial charge in [-0.1, -0.05) is 0 Å². The molecule has 0 unspecified atom stereocenters. The number of rotatable bonds is 6. The van der Waals surface area contributed by atoms with Crippen LogP contribution >= 0.6 is 11.3 Å². The van der Waals surface area contributed by atoms with E-state index in [2.05, 4.69) is 20.5 Å². The van der Waals surface area contributed by atoms with Gasteiger partial charge in [-0.15, -0.1) is 16.4 Å². The third-order valence-electron chi connectivity index (χ3n) is 3.59. The summed E-state index contributed by atoms with van der Waals surface area (Å²) in [5, 5.41) is 15.7. The Morgan fingerprint density at radius 2 is 2.11 bits per heavy atom. The number of ether oxygens (including phenoxy) is 1. The van der Waals surface area contributed by atoms with Crippen LogP contribution in [0.5, 0.6) is 11.6 Å². The number of nitrogens with zero attached hydrogens (tertiary/aromatic N) is 4. The van der Waals surface area contributed by atoms with Gasteiger partial charge in [0, 0.05) is 23.8 Å². The van der Waals surface area contributed by atoms with Gasteiger partial charge in [0.25, 0.3) is 5.91 Å². The predicted octanol–water partition coefficient (Wildman–Crippen LogP) is 2.30. The lowest BCUT2D eigenvalue weighted by atomic mass is 10.1. The summed E-state index contributed by atoms with van der Waals surface area (Å²) in [4.78, 5) is 20.4. The molecule has 27 heavy (non-hydrogen) atoms. The molecule has 0 aliphatic heterocycles. The van der Waals surface area contributed by atoms with Crippen molar-refractivity contribution in [3.63, 3.8) is 0 Å². The van der Waals surface area contributed by atoms with Gasteiger partial charge >= 0.3 is 0 Å². The Hall–Kier alpha value is -3.20. The van der Waals surface area contributed by atoms with Gasteiger partial charge in [0.05, 0.1) is 11.9 Å². The minimum absolute atomic E-state index is 0.131. The number of nitrogens with one attached hydrogen (secondary N) is 1. The van der Waals surface area contributed by atoms with E-state index in [1.165, 1.54) is 29.9 Å². The molecule has 2 aromatic heterocycles. The molecule has 1 aromatic carbocycles. The number of carbonyl (C=O) groups excluding carboxylic acids is 1. The molecule has 0 saturated carbocycles. The zero-order valence-corrected chi connectivity index (χ0v) is 15.7. The van der Waals surface area contributed by atoms with E-state index in [0.717, 1.165) is 11.3 Å². The van der Waals surface area contributed by atoms with E-state index < -0.39 is 5.91 Å². The minimum Gasteiger partial charge on any atom is -0.508 e. The number of phenols is 1. The molecule has 3 aromatic rings. The maximum atomic E-state index is 12.0. The summed E-state index contributed by atoms with van der Waals surface area (Å²) in [6.07, 6.45) is 4.44. The van der Waals surface area contributed by atoms with E-state index in [-0.39, 0.29) is 24.3 Å². The molecular weight excluding hydrogens is 366 g/mol. The number of hydrogen-bond donors (Lipinski definition) is 2.